The van der Waals surface area contributed by atoms with E-state index in [4.69, 9.17) is 32.7 Å². The van der Waals surface area contributed by atoms with E-state index in [1.807, 2.05) is 0 Å². The molecular formula is C17H20Cl2FN5O4. The van der Waals surface area contributed by atoms with Crippen LogP contribution in [0.15, 0.2) is 6.20 Å². The molecule has 2 atom stereocenters. The Morgan fingerprint density at radius 1 is 1.45 bits per heavy atom. The minimum Gasteiger partial charge on any atom is -0.472 e. The van der Waals surface area contributed by atoms with Crippen LogP contribution in [0.1, 0.15) is 36.7 Å². The second kappa shape index (κ2) is 9.64. The Labute approximate surface area is 176 Å². The van der Waals surface area contributed by atoms with Gasteiger partial charge in [-0.3, -0.25) is 14.8 Å². The Morgan fingerprint density at radius 3 is 2.97 bits per heavy atom. The second-order valence-electron chi connectivity index (χ2n) is 6.63. The van der Waals surface area contributed by atoms with E-state index in [0.717, 1.165) is 0 Å². The number of rotatable bonds is 8. The number of hydrogen-bond donors (Lipinski definition) is 0. The lowest BCUT2D eigenvalue weighted by molar-refractivity contribution is -0.386. The van der Waals surface area contributed by atoms with Gasteiger partial charge < -0.3 is 9.47 Å². The smallest absolute Gasteiger partial charge is 0.352 e. The summed E-state index contributed by atoms with van der Waals surface area (Å²) in [5.74, 6) is -0.117. The van der Waals surface area contributed by atoms with E-state index < -0.39 is 17.1 Å². The molecule has 0 amide bonds. The lowest BCUT2D eigenvalue weighted by Crippen LogP contribution is -2.32. The van der Waals surface area contributed by atoms with Gasteiger partial charge in [0.25, 0.3) is 0 Å². The summed E-state index contributed by atoms with van der Waals surface area (Å²) in [5.41, 5.74) is 0.614. The number of nitrogens with zero attached hydrogens (tertiary/aromatic N) is 5. The molecule has 29 heavy (non-hydrogen) atoms. The van der Waals surface area contributed by atoms with Gasteiger partial charge in [-0.25, -0.2) is 14.4 Å². The third-order valence-electron chi connectivity index (χ3n) is 4.66. The quantitative estimate of drug-likeness (QED) is 0.261. The Balaban J connectivity index is 1.62. The first kappa shape index (κ1) is 21.7. The summed E-state index contributed by atoms with van der Waals surface area (Å²) < 4.78 is 26.4. The zero-order valence-corrected chi connectivity index (χ0v) is 17.2. The number of hydrogen-bond acceptors (Lipinski definition) is 7. The molecule has 1 fully saturated rings. The summed E-state index contributed by atoms with van der Waals surface area (Å²) in [6.07, 6.45) is 2.29. The molecule has 9 nitrogen and oxygen atoms in total. The van der Waals surface area contributed by atoms with Gasteiger partial charge in [0.1, 0.15) is 17.9 Å². The van der Waals surface area contributed by atoms with Gasteiger partial charge in [-0.15, -0.1) is 5.10 Å². The first-order valence-corrected chi connectivity index (χ1v) is 9.89. The highest BCUT2D eigenvalue weighted by Gasteiger charge is 2.34. The molecular weight excluding hydrogens is 428 g/mol. The van der Waals surface area contributed by atoms with Gasteiger partial charge in [-0.05, 0) is 37.8 Å². The normalized spacial score (nSPS) is 19.3. The average molecular weight is 448 g/mol. The molecule has 158 valence electrons. The molecule has 3 rings (SSSR count). The first-order valence-electron chi connectivity index (χ1n) is 9.13. The van der Waals surface area contributed by atoms with Crippen LogP contribution in [0.2, 0.25) is 10.3 Å². The molecule has 3 heterocycles. The number of aryl methyl sites for hydroxylation is 1. The predicted octanol–water partition coefficient (Wildman–Crippen LogP) is 3.90. The zero-order chi connectivity index (χ0) is 21.0. The highest BCUT2D eigenvalue weighted by Crippen LogP contribution is 2.34. The summed E-state index contributed by atoms with van der Waals surface area (Å²) in [6.45, 7) is 2.17. The monoisotopic (exact) mass is 447 g/mol. The molecule has 0 spiro atoms. The van der Waals surface area contributed by atoms with Crippen LogP contribution in [0.4, 0.5) is 10.1 Å². The summed E-state index contributed by atoms with van der Waals surface area (Å²) in [5, 5.41) is 16.2. The highest BCUT2D eigenvalue weighted by molar-refractivity contribution is 6.31. The molecule has 0 radical (unpaired) electrons. The molecule has 12 heteroatoms. The number of halogens is 3. The molecule has 0 aliphatic carbocycles. The molecule has 0 aromatic carbocycles. The van der Waals surface area contributed by atoms with Crippen LogP contribution in [-0.2, 0) is 11.2 Å². The zero-order valence-electron chi connectivity index (χ0n) is 15.7. The van der Waals surface area contributed by atoms with Gasteiger partial charge in [0, 0.05) is 13.0 Å². The molecule has 2 aromatic rings. The molecule has 1 saturated heterocycles. The van der Waals surface area contributed by atoms with Crippen LogP contribution in [-0.4, -0.2) is 50.7 Å². The summed E-state index contributed by atoms with van der Waals surface area (Å²) in [6, 6.07) is -0.704. The van der Waals surface area contributed by atoms with Crippen molar-refractivity contribution in [3.05, 3.63) is 38.0 Å². The minimum absolute atomic E-state index is 0.114. The fraction of sp³-hybridized carbons (Fsp3) is 0.588. The topological polar surface area (TPSA) is 105 Å². The number of nitro groups is 1. The van der Waals surface area contributed by atoms with Crippen LogP contribution in [0, 0.1) is 17.0 Å². The molecule has 0 saturated carbocycles. The van der Waals surface area contributed by atoms with Crippen molar-refractivity contribution < 1.29 is 18.8 Å². The molecule has 2 aromatic heterocycles. The van der Waals surface area contributed by atoms with Gasteiger partial charge in [0.15, 0.2) is 0 Å². The number of ether oxygens (including phenoxy) is 2. The van der Waals surface area contributed by atoms with Crippen LogP contribution in [0.25, 0.3) is 0 Å². The van der Waals surface area contributed by atoms with E-state index in [1.165, 1.54) is 17.8 Å². The van der Waals surface area contributed by atoms with Crippen molar-refractivity contribution in [3.8, 4) is 5.88 Å². The van der Waals surface area contributed by atoms with Crippen LogP contribution < -0.4 is 4.74 Å². The average Bonchev–Trinajstić information content (AvgIpc) is 3.01. The third-order valence-corrected chi connectivity index (χ3v) is 5.16. The lowest BCUT2D eigenvalue weighted by Gasteiger charge is -2.26. The van der Waals surface area contributed by atoms with Crippen molar-refractivity contribution in [2.45, 2.75) is 44.8 Å². The Kier molecular flexibility index (Phi) is 7.20. The standard InChI is InChI=1S/C17H20Cl2FN5O4/c1-10-15(25(26)27)16(23-24(10)14-9-28-7-5-12(14)20)29-6-3-2-4-13-11(18)8-21-17(19)22-13/h8,12,14H,2-7,9H2,1H3. The molecule has 1 aliphatic heterocycles. The van der Waals surface area contributed by atoms with Crippen LogP contribution in [0.3, 0.4) is 0 Å². The van der Waals surface area contributed by atoms with Crippen LogP contribution >= 0.6 is 23.2 Å². The number of aromatic nitrogens is 4. The summed E-state index contributed by atoms with van der Waals surface area (Å²) in [4.78, 5) is 18.8. The Bertz CT molecular complexity index is 882. The first-order chi connectivity index (χ1) is 13.9. The van der Waals surface area contributed by atoms with Crippen molar-refractivity contribution in [3.63, 3.8) is 0 Å². The fourth-order valence-electron chi connectivity index (χ4n) is 3.15. The predicted molar refractivity (Wildman–Crippen MR) is 103 cm³/mol. The maximum atomic E-state index is 14.2. The van der Waals surface area contributed by atoms with Crippen molar-refractivity contribution >= 4 is 28.9 Å². The van der Waals surface area contributed by atoms with E-state index in [9.17, 15) is 14.5 Å². The van der Waals surface area contributed by atoms with Gasteiger partial charge in [0.05, 0.1) is 35.1 Å². The number of alkyl halides is 1. The SMILES string of the molecule is Cc1c([N+](=O)[O-])c(OCCCCc2nc(Cl)ncc2Cl)nn1C1COCCC1F. The van der Waals surface area contributed by atoms with Crippen molar-refractivity contribution in [2.75, 3.05) is 19.8 Å². The maximum Gasteiger partial charge on any atom is 0.352 e. The van der Waals surface area contributed by atoms with E-state index >= 15 is 0 Å². The van der Waals surface area contributed by atoms with Gasteiger partial charge in [-0.2, -0.15) is 0 Å². The minimum atomic E-state index is -1.18. The fourth-order valence-corrected chi connectivity index (χ4v) is 3.49. The van der Waals surface area contributed by atoms with E-state index in [0.29, 0.717) is 36.6 Å². The van der Waals surface area contributed by atoms with E-state index in [2.05, 4.69) is 15.1 Å². The Hall–Kier alpha value is -2.04. The maximum absolute atomic E-state index is 14.2. The molecule has 1 aliphatic rings. The van der Waals surface area contributed by atoms with Gasteiger partial charge in [0.2, 0.25) is 5.28 Å². The number of unbranched alkanes of at least 4 members (excludes halogenated alkanes) is 1. The molecule has 0 bridgehead atoms. The van der Waals surface area contributed by atoms with Crippen molar-refractivity contribution in [1.29, 1.82) is 0 Å². The molecule has 2 unspecified atom stereocenters. The van der Waals surface area contributed by atoms with Gasteiger partial charge in [-0.1, -0.05) is 11.6 Å². The third kappa shape index (κ3) is 5.12. The van der Waals surface area contributed by atoms with E-state index in [1.54, 1.807) is 0 Å². The Morgan fingerprint density at radius 2 is 2.24 bits per heavy atom. The van der Waals surface area contributed by atoms with Crippen molar-refractivity contribution in [1.82, 2.24) is 19.7 Å². The van der Waals surface area contributed by atoms with Crippen LogP contribution in [0.5, 0.6) is 5.88 Å². The van der Waals surface area contributed by atoms with E-state index in [-0.39, 0.29) is 42.2 Å². The second-order valence-corrected chi connectivity index (χ2v) is 7.37. The molecule has 0 N–H and O–H groups in total. The summed E-state index contributed by atoms with van der Waals surface area (Å²) in [7, 11) is 0. The summed E-state index contributed by atoms with van der Waals surface area (Å²) >= 11 is 11.8. The van der Waals surface area contributed by atoms with Gasteiger partial charge >= 0.3 is 11.6 Å². The van der Waals surface area contributed by atoms with Crippen molar-refractivity contribution in [2.24, 2.45) is 0 Å². The highest BCUT2D eigenvalue weighted by atomic mass is 35.5. The lowest BCUT2D eigenvalue weighted by atomic mass is 10.1. The largest absolute Gasteiger partial charge is 0.472 e.